The summed E-state index contributed by atoms with van der Waals surface area (Å²) < 4.78 is 75.1. The molecule has 2 aliphatic heterocycles. The van der Waals surface area contributed by atoms with Crippen molar-refractivity contribution >= 4 is 39.6 Å². The highest BCUT2D eigenvalue weighted by atomic mass is 32.2. The van der Waals surface area contributed by atoms with Gasteiger partial charge in [0, 0.05) is 11.4 Å². The number of anilines is 2. The van der Waals surface area contributed by atoms with E-state index >= 15 is 0 Å². The predicted octanol–water partition coefficient (Wildman–Crippen LogP) is 1.53. The normalized spacial score (nSPS) is 21.8. The lowest BCUT2D eigenvalue weighted by molar-refractivity contribution is -0.274. The van der Waals surface area contributed by atoms with Gasteiger partial charge in [-0.1, -0.05) is 47.3 Å². The van der Waals surface area contributed by atoms with E-state index in [0.29, 0.717) is 0 Å². The van der Waals surface area contributed by atoms with E-state index in [1.165, 1.54) is 0 Å². The standard InChI is InChI=1S/C24H22BF3N2O5S/c26-24(27,28)35-15-9-11-16(12-10-15)36(32,33)29-19-13-34-14-22(23(19)31)30-20-7-3-1-5-17(20)25-18-6-2-4-8-21(18)30/h1-12,19,22-23,25,29,31H,13-14H2/t19-,22+,23+/m0/s1. The number of nitrogens with zero attached hydrogens (tertiary/aromatic N) is 1. The Balaban J connectivity index is 1.39. The zero-order valence-corrected chi connectivity index (χ0v) is 19.7. The van der Waals surface area contributed by atoms with Crippen molar-refractivity contribution in [1.82, 2.24) is 4.72 Å². The summed E-state index contributed by atoms with van der Waals surface area (Å²) in [5.41, 5.74) is 3.97. The Labute approximate surface area is 206 Å². The molecule has 2 N–H and O–H groups in total. The third-order valence-corrected chi connectivity index (χ3v) is 7.79. The Kier molecular flexibility index (Phi) is 6.45. The average molecular weight is 518 g/mol. The van der Waals surface area contributed by atoms with Crippen LogP contribution < -0.4 is 25.3 Å². The fourth-order valence-corrected chi connectivity index (χ4v) is 5.92. The molecular formula is C24H22BF3N2O5S. The summed E-state index contributed by atoms with van der Waals surface area (Å²) in [5, 5.41) is 11.3. The number of nitrogens with one attached hydrogen (secondary N) is 1. The predicted molar refractivity (Wildman–Crippen MR) is 129 cm³/mol. The van der Waals surface area contributed by atoms with E-state index < -0.39 is 40.3 Å². The number of hydrogen-bond acceptors (Lipinski definition) is 6. The molecule has 36 heavy (non-hydrogen) atoms. The van der Waals surface area contributed by atoms with Gasteiger partial charge in [-0.15, -0.1) is 13.2 Å². The maximum atomic E-state index is 13.0. The van der Waals surface area contributed by atoms with E-state index in [2.05, 4.69) is 9.46 Å². The van der Waals surface area contributed by atoms with Gasteiger partial charge in [0.1, 0.15) is 5.75 Å². The maximum Gasteiger partial charge on any atom is 0.573 e. The van der Waals surface area contributed by atoms with Crippen LogP contribution >= 0.6 is 0 Å². The summed E-state index contributed by atoms with van der Waals surface area (Å²) in [6.45, 7) is 0.106. The van der Waals surface area contributed by atoms with Crippen LogP contribution in [0.3, 0.4) is 0 Å². The molecule has 0 saturated carbocycles. The van der Waals surface area contributed by atoms with Gasteiger partial charge in [0.05, 0.1) is 36.3 Å². The van der Waals surface area contributed by atoms with Gasteiger partial charge in [-0.2, -0.15) is 0 Å². The number of aliphatic hydroxyl groups is 1. The van der Waals surface area contributed by atoms with Crippen molar-refractivity contribution in [2.45, 2.75) is 29.4 Å². The minimum absolute atomic E-state index is 0.0662. The van der Waals surface area contributed by atoms with E-state index in [0.717, 1.165) is 53.8 Å². The Morgan fingerprint density at radius 2 is 1.53 bits per heavy atom. The molecule has 0 aliphatic carbocycles. The monoisotopic (exact) mass is 518 g/mol. The molecule has 3 atom stereocenters. The number of aliphatic hydroxyl groups excluding tert-OH is 1. The smallest absolute Gasteiger partial charge is 0.406 e. The molecule has 0 radical (unpaired) electrons. The van der Waals surface area contributed by atoms with E-state index in [1.807, 2.05) is 53.4 Å². The molecule has 3 aromatic carbocycles. The van der Waals surface area contributed by atoms with Gasteiger partial charge in [0.2, 0.25) is 10.0 Å². The van der Waals surface area contributed by atoms with Crippen LogP contribution in [0.5, 0.6) is 5.75 Å². The molecule has 0 aromatic heterocycles. The summed E-state index contributed by atoms with van der Waals surface area (Å²) in [4.78, 5) is 1.72. The lowest BCUT2D eigenvalue weighted by Gasteiger charge is -2.45. The van der Waals surface area contributed by atoms with E-state index in [9.17, 15) is 26.7 Å². The number of benzene rings is 3. The first-order valence-corrected chi connectivity index (χ1v) is 12.7. The first kappa shape index (κ1) is 24.6. The summed E-state index contributed by atoms with van der Waals surface area (Å²) in [7, 11) is -3.44. The summed E-state index contributed by atoms with van der Waals surface area (Å²) in [6, 6.07) is 17.9. The zero-order valence-electron chi connectivity index (χ0n) is 18.9. The topological polar surface area (TPSA) is 88.1 Å². The second kappa shape index (κ2) is 9.43. The molecule has 188 valence electrons. The average Bonchev–Trinajstić information content (AvgIpc) is 2.83. The van der Waals surface area contributed by atoms with Crippen LogP contribution in [0.4, 0.5) is 24.5 Å². The summed E-state index contributed by atoms with van der Waals surface area (Å²) >= 11 is 0. The third kappa shape index (κ3) is 4.94. The molecule has 1 saturated heterocycles. The molecule has 12 heteroatoms. The van der Waals surface area contributed by atoms with Crippen LogP contribution in [0.1, 0.15) is 0 Å². The maximum absolute atomic E-state index is 13.0. The highest BCUT2D eigenvalue weighted by Crippen LogP contribution is 2.32. The van der Waals surface area contributed by atoms with Gasteiger partial charge in [0.25, 0.3) is 0 Å². The number of fused-ring (bicyclic) bond motifs is 2. The van der Waals surface area contributed by atoms with Crippen LogP contribution in [0, 0.1) is 0 Å². The lowest BCUT2D eigenvalue weighted by atomic mass is 9.60. The Morgan fingerprint density at radius 1 is 0.944 bits per heavy atom. The van der Waals surface area contributed by atoms with Gasteiger partial charge in [-0.25, -0.2) is 13.1 Å². The molecule has 5 rings (SSSR count). The highest BCUT2D eigenvalue weighted by molar-refractivity contribution is 7.89. The van der Waals surface area contributed by atoms with Crippen molar-refractivity contribution in [3.05, 3.63) is 72.8 Å². The SMILES string of the molecule is O=S(=O)(N[C@H]1COC[C@@H](N2c3ccccc3Bc3ccccc32)[C@@H]1O)c1ccc(OC(F)(F)F)cc1. The van der Waals surface area contributed by atoms with Crippen molar-refractivity contribution in [2.75, 3.05) is 18.1 Å². The van der Waals surface area contributed by atoms with Gasteiger partial charge < -0.3 is 19.5 Å². The minimum atomic E-state index is -4.89. The molecule has 7 nitrogen and oxygen atoms in total. The van der Waals surface area contributed by atoms with Crippen molar-refractivity contribution in [3.63, 3.8) is 0 Å². The fourth-order valence-electron chi connectivity index (χ4n) is 4.68. The van der Waals surface area contributed by atoms with Crippen molar-refractivity contribution in [3.8, 4) is 5.75 Å². The van der Waals surface area contributed by atoms with Crippen LogP contribution in [0.25, 0.3) is 0 Å². The number of alkyl halides is 3. The van der Waals surface area contributed by atoms with E-state index in [1.54, 1.807) is 0 Å². The first-order valence-electron chi connectivity index (χ1n) is 11.2. The quantitative estimate of drug-likeness (QED) is 0.499. The summed E-state index contributed by atoms with van der Waals surface area (Å²) in [5.74, 6) is -0.537. The van der Waals surface area contributed by atoms with Gasteiger partial charge in [-0.05, 0) is 36.4 Å². The number of ether oxygens (including phenoxy) is 2. The largest absolute Gasteiger partial charge is 0.573 e. The van der Waals surface area contributed by atoms with Crippen molar-refractivity contribution < 1.29 is 36.2 Å². The minimum Gasteiger partial charge on any atom is -0.406 e. The second-order valence-electron chi connectivity index (χ2n) is 8.65. The number of rotatable bonds is 5. The van der Waals surface area contributed by atoms with Crippen LogP contribution in [-0.4, -0.2) is 58.6 Å². The van der Waals surface area contributed by atoms with Gasteiger partial charge >= 0.3 is 6.36 Å². The van der Waals surface area contributed by atoms with Crippen LogP contribution in [0.2, 0.25) is 0 Å². The van der Waals surface area contributed by atoms with E-state index in [-0.39, 0.29) is 18.1 Å². The lowest BCUT2D eigenvalue weighted by Crippen LogP contribution is -2.62. The number of para-hydroxylation sites is 2. The number of halogens is 3. The van der Waals surface area contributed by atoms with Crippen LogP contribution in [0.15, 0.2) is 77.7 Å². The van der Waals surface area contributed by atoms with Crippen molar-refractivity contribution in [1.29, 1.82) is 0 Å². The first-order chi connectivity index (χ1) is 17.1. The Bertz CT molecular complexity index is 1310. The molecular weight excluding hydrogens is 496 g/mol. The van der Waals surface area contributed by atoms with Gasteiger partial charge in [0.15, 0.2) is 7.28 Å². The molecule has 2 aliphatic rings. The number of hydrogen-bond donors (Lipinski definition) is 2. The second-order valence-corrected chi connectivity index (χ2v) is 10.4. The fraction of sp³-hybridized carbons (Fsp3) is 0.250. The number of sulfonamides is 1. The molecule has 1 fully saturated rings. The third-order valence-electron chi connectivity index (χ3n) is 6.28. The molecule has 0 bridgehead atoms. The molecule has 0 spiro atoms. The molecule has 2 heterocycles. The zero-order chi connectivity index (χ0) is 25.5. The Morgan fingerprint density at radius 3 is 2.11 bits per heavy atom. The molecule has 3 aromatic rings. The Hall–Kier alpha value is -3.06. The summed E-state index contributed by atoms with van der Waals surface area (Å²) in [6.07, 6.45) is -6.02. The molecule has 0 amide bonds. The highest BCUT2D eigenvalue weighted by Gasteiger charge is 2.41. The molecule has 0 unspecified atom stereocenters. The van der Waals surface area contributed by atoms with Crippen LogP contribution in [-0.2, 0) is 14.8 Å². The van der Waals surface area contributed by atoms with Gasteiger partial charge in [-0.3, -0.25) is 0 Å². The van der Waals surface area contributed by atoms with Crippen molar-refractivity contribution in [2.24, 2.45) is 0 Å². The van der Waals surface area contributed by atoms with E-state index in [4.69, 9.17) is 4.74 Å².